The van der Waals surface area contributed by atoms with E-state index < -0.39 is 12.1 Å². The molecule has 0 aromatic heterocycles. The molecule has 0 aliphatic heterocycles. The van der Waals surface area contributed by atoms with Crippen molar-refractivity contribution in [3.63, 3.8) is 0 Å². The van der Waals surface area contributed by atoms with E-state index in [1.54, 1.807) is 6.07 Å². The summed E-state index contributed by atoms with van der Waals surface area (Å²) in [4.78, 5) is 10.8. The SMILES string of the molecule is COc1c(C(O)C(=O)O)ccc2c1CCC2. The van der Waals surface area contributed by atoms with E-state index in [1.165, 1.54) is 12.7 Å². The highest BCUT2D eigenvalue weighted by molar-refractivity contribution is 5.75. The van der Waals surface area contributed by atoms with Gasteiger partial charge in [-0.2, -0.15) is 0 Å². The van der Waals surface area contributed by atoms with Crippen LogP contribution < -0.4 is 4.74 Å². The molecule has 1 aliphatic rings. The van der Waals surface area contributed by atoms with Crippen molar-refractivity contribution in [2.75, 3.05) is 7.11 Å². The topological polar surface area (TPSA) is 66.8 Å². The van der Waals surface area contributed by atoms with Crippen molar-refractivity contribution in [1.29, 1.82) is 0 Å². The van der Waals surface area contributed by atoms with E-state index in [0.717, 1.165) is 24.8 Å². The number of hydrogen-bond acceptors (Lipinski definition) is 3. The molecule has 0 heterocycles. The third kappa shape index (κ3) is 1.65. The molecule has 0 amide bonds. The molecule has 0 radical (unpaired) electrons. The summed E-state index contributed by atoms with van der Waals surface area (Å²) in [7, 11) is 1.51. The third-order valence-corrected chi connectivity index (χ3v) is 2.99. The highest BCUT2D eigenvalue weighted by Gasteiger charge is 2.25. The largest absolute Gasteiger partial charge is 0.496 e. The fourth-order valence-electron chi connectivity index (χ4n) is 2.24. The highest BCUT2D eigenvalue weighted by atomic mass is 16.5. The molecular weight excluding hydrogens is 208 g/mol. The summed E-state index contributed by atoms with van der Waals surface area (Å²) in [5.74, 6) is -0.721. The second-order valence-corrected chi connectivity index (χ2v) is 3.92. The van der Waals surface area contributed by atoms with E-state index in [1.807, 2.05) is 6.07 Å². The smallest absolute Gasteiger partial charge is 0.337 e. The van der Waals surface area contributed by atoms with Gasteiger partial charge in [0.25, 0.3) is 0 Å². The van der Waals surface area contributed by atoms with Crippen molar-refractivity contribution in [2.24, 2.45) is 0 Å². The van der Waals surface area contributed by atoms with E-state index >= 15 is 0 Å². The van der Waals surface area contributed by atoms with E-state index in [-0.39, 0.29) is 0 Å². The van der Waals surface area contributed by atoms with Crippen LogP contribution in [0.25, 0.3) is 0 Å². The van der Waals surface area contributed by atoms with Crippen molar-refractivity contribution >= 4 is 5.97 Å². The summed E-state index contributed by atoms with van der Waals surface area (Å²) in [5, 5.41) is 18.4. The summed E-state index contributed by atoms with van der Waals surface area (Å²) >= 11 is 0. The van der Waals surface area contributed by atoms with Gasteiger partial charge < -0.3 is 14.9 Å². The molecule has 4 nitrogen and oxygen atoms in total. The van der Waals surface area contributed by atoms with Crippen LogP contribution in [-0.4, -0.2) is 23.3 Å². The zero-order valence-electron chi connectivity index (χ0n) is 9.06. The summed E-state index contributed by atoms with van der Waals surface area (Å²) < 4.78 is 5.24. The number of ether oxygens (including phenoxy) is 1. The number of carbonyl (C=O) groups is 1. The molecule has 1 aromatic rings. The van der Waals surface area contributed by atoms with Gasteiger partial charge in [-0.15, -0.1) is 0 Å². The number of carboxylic acid groups (broad SMARTS) is 1. The number of aliphatic carboxylic acids is 1. The van der Waals surface area contributed by atoms with Crippen molar-refractivity contribution in [2.45, 2.75) is 25.4 Å². The Bertz CT molecular complexity index is 425. The van der Waals surface area contributed by atoms with E-state index in [9.17, 15) is 9.90 Å². The van der Waals surface area contributed by atoms with Gasteiger partial charge in [-0.25, -0.2) is 4.79 Å². The van der Waals surface area contributed by atoms with Crippen LogP contribution in [0.3, 0.4) is 0 Å². The second-order valence-electron chi connectivity index (χ2n) is 3.92. The Morgan fingerprint density at radius 3 is 2.81 bits per heavy atom. The molecule has 1 aliphatic carbocycles. The predicted molar refractivity (Wildman–Crippen MR) is 57.6 cm³/mol. The molecule has 0 saturated heterocycles. The number of aryl methyl sites for hydroxylation is 1. The summed E-state index contributed by atoms with van der Waals surface area (Å²) in [5.41, 5.74) is 2.58. The van der Waals surface area contributed by atoms with Crippen LogP contribution in [0.4, 0.5) is 0 Å². The van der Waals surface area contributed by atoms with Crippen molar-refractivity contribution < 1.29 is 19.7 Å². The first-order chi connectivity index (χ1) is 7.65. The van der Waals surface area contributed by atoms with Crippen LogP contribution >= 0.6 is 0 Å². The molecule has 0 bridgehead atoms. The lowest BCUT2D eigenvalue weighted by molar-refractivity contribution is -0.147. The van der Waals surface area contributed by atoms with Gasteiger partial charge in [0.15, 0.2) is 6.10 Å². The number of hydrogen-bond donors (Lipinski definition) is 2. The van der Waals surface area contributed by atoms with Crippen molar-refractivity contribution in [3.8, 4) is 5.75 Å². The average molecular weight is 222 g/mol. The maximum absolute atomic E-state index is 10.8. The standard InChI is InChI=1S/C12H14O4/c1-16-11-8-4-2-3-7(8)5-6-9(11)10(13)12(14)15/h5-6,10,13H,2-4H2,1H3,(H,14,15). The highest BCUT2D eigenvalue weighted by Crippen LogP contribution is 2.36. The van der Waals surface area contributed by atoms with Gasteiger partial charge in [0.1, 0.15) is 5.75 Å². The minimum Gasteiger partial charge on any atom is -0.496 e. The Morgan fingerprint density at radius 1 is 1.44 bits per heavy atom. The van der Waals surface area contributed by atoms with Gasteiger partial charge >= 0.3 is 5.97 Å². The molecule has 4 heteroatoms. The Labute approximate surface area is 93.5 Å². The number of benzene rings is 1. The first-order valence-electron chi connectivity index (χ1n) is 5.24. The Balaban J connectivity index is 2.50. The van der Waals surface area contributed by atoms with Gasteiger partial charge in [0.05, 0.1) is 7.11 Å². The predicted octanol–water partition coefficient (Wildman–Crippen LogP) is 1.30. The fourth-order valence-corrected chi connectivity index (χ4v) is 2.24. The normalized spacial score (nSPS) is 15.6. The van der Waals surface area contributed by atoms with Crippen LogP contribution in [0.1, 0.15) is 29.2 Å². The zero-order chi connectivity index (χ0) is 11.7. The van der Waals surface area contributed by atoms with Crippen LogP contribution in [0.2, 0.25) is 0 Å². The summed E-state index contributed by atoms with van der Waals surface area (Å²) in [6, 6.07) is 3.52. The Kier molecular flexibility index (Phi) is 2.83. The maximum Gasteiger partial charge on any atom is 0.337 e. The number of carboxylic acids is 1. The zero-order valence-corrected chi connectivity index (χ0v) is 9.06. The molecule has 1 aromatic carbocycles. The molecule has 2 rings (SSSR count). The lowest BCUT2D eigenvalue weighted by Crippen LogP contribution is -2.12. The van der Waals surface area contributed by atoms with E-state index in [2.05, 4.69) is 0 Å². The molecule has 0 fully saturated rings. The minimum absolute atomic E-state index is 0.343. The molecule has 86 valence electrons. The lowest BCUT2D eigenvalue weighted by atomic mass is 10.0. The van der Waals surface area contributed by atoms with E-state index in [4.69, 9.17) is 9.84 Å². The quantitative estimate of drug-likeness (QED) is 0.809. The number of aliphatic hydroxyl groups is 1. The number of methoxy groups -OCH3 is 1. The van der Waals surface area contributed by atoms with Crippen LogP contribution in [0.15, 0.2) is 12.1 Å². The maximum atomic E-state index is 10.8. The molecule has 1 atom stereocenters. The number of aliphatic hydroxyl groups excluding tert-OH is 1. The number of rotatable bonds is 3. The molecule has 2 N–H and O–H groups in total. The molecule has 0 spiro atoms. The Morgan fingerprint density at radius 2 is 2.19 bits per heavy atom. The molecular formula is C12H14O4. The van der Waals surface area contributed by atoms with Crippen LogP contribution in [0.5, 0.6) is 5.75 Å². The van der Waals surface area contributed by atoms with Gasteiger partial charge in [-0.05, 0) is 30.4 Å². The van der Waals surface area contributed by atoms with Crippen molar-refractivity contribution in [3.05, 3.63) is 28.8 Å². The van der Waals surface area contributed by atoms with Crippen molar-refractivity contribution in [1.82, 2.24) is 0 Å². The first-order valence-corrected chi connectivity index (χ1v) is 5.24. The van der Waals surface area contributed by atoms with Crippen LogP contribution in [-0.2, 0) is 17.6 Å². The first kappa shape index (κ1) is 11.0. The second kappa shape index (κ2) is 4.14. The van der Waals surface area contributed by atoms with Gasteiger partial charge in [0.2, 0.25) is 0 Å². The van der Waals surface area contributed by atoms with Gasteiger partial charge in [0, 0.05) is 5.56 Å². The fraction of sp³-hybridized carbons (Fsp3) is 0.417. The lowest BCUT2D eigenvalue weighted by Gasteiger charge is -2.15. The third-order valence-electron chi connectivity index (χ3n) is 2.99. The monoisotopic (exact) mass is 222 g/mol. The molecule has 0 saturated carbocycles. The number of fused-ring (bicyclic) bond motifs is 1. The van der Waals surface area contributed by atoms with Gasteiger partial charge in [-0.1, -0.05) is 12.1 Å². The van der Waals surface area contributed by atoms with Crippen LogP contribution in [0, 0.1) is 0 Å². The van der Waals surface area contributed by atoms with Gasteiger partial charge in [-0.3, -0.25) is 0 Å². The minimum atomic E-state index is -1.51. The van der Waals surface area contributed by atoms with E-state index in [0.29, 0.717) is 11.3 Å². The average Bonchev–Trinajstić information content (AvgIpc) is 2.74. The molecule has 16 heavy (non-hydrogen) atoms. The Hall–Kier alpha value is -1.55. The summed E-state index contributed by atoms with van der Waals surface area (Å²) in [6.07, 6.45) is 1.42. The molecule has 1 unspecified atom stereocenters. The summed E-state index contributed by atoms with van der Waals surface area (Å²) in [6.45, 7) is 0.